The number of amides is 1. The van der Waals surface area contributed by atoms with Gasteiger partial charge in [-0.3, -0.25) is 4.79 Å². The van der Waals surface area contributed by atoms with Crippen molar-refractivity contribution < 1.29 is 9.53 Å². The van der Waals surface area contributed by atoms with Gasteiger partial charge in [0.25, 0.3) is 5.91 Å². The Morgan fingerprint density at radius 2 is 2.44 bits per heavy atom. The number of benzene rings is 1. The Labute approximate surface area is 93.2 Å². The molecule has 0 radical (unpaired) electrons. The minimum Gasteiger partial charge on any atom is -0.482 e. The fourth-order valence-electron chi connectivity index (χ4n) is 1.51. The van der Waals surface area contributed by atoms with Gasteiger partial charge in [-0.05, 0) is 18.2 Å². The molecule has 1 aromatic carbocycles. The molecule has 0 saturated carbocycles. The molecule has 1 aliphatic rings. The number of fused-ring (bicyclic) bond motifs is 1. The number of nitrogens with one attached hydrogen (secondary N) is 1. The van der Waals surface area contributed by atoms with Gasteiger partial charge in [0.05, 0.1) is 11.8 Å². The standard InChI is InChI=1S/C11H11N3O2/c1-14(5-4-12)8-2-3-10-9(6-8)13-11(15)7-16-10/h2-3,6H,5,7H2,1H3,(H,13,15). The molecule has 0 spiro atoms. The predicted molar refractivity (Wildman–Crippen MR) is 59.4 cm³/mol. The van der Waals surface area contributed by atoms with E-state index in [-0.39, 0.29) is 12.5 Å². The predicted octanol–water partition coefficient (Wildman–Crippen LogP) is 0.977. The van der Waals surface area contributed by atoms with Gasteiger partial charge in [-0.25, -0.2) is 0 Å². The number of anilines is 2. The van der Waals surface area contributed by atoms with Gasteiger partial charge in [0, 0.05) is 12.7 Å². The van der Waals surface area contributed by atoms with Crippen LogP contribution in [-0.4, -0.2) is 26.1 Å². The number of ether oxygens (including phenoxy) is 1. The third kappa shape index (κ3) is 1.91. The van der Waals surface area contributed by atoms with Crippen molar-refractivity contribution in [1.82, 2.24) is 0 Å². The van der Waals surface area contributed by atoms with Gasteiger partial charge in [-0.1, -0.05) is 0 Å². The number of hydrogen-bond donors (Lipinski definition) is 1. The van der Waals surface area contributed by atoms with Crippen LogP contribution >= 0.6 is 0 Å². The summed E-state index contributed by atoms with van der Waals surface area (Å²) >= 11 is 0. The van der Waals surface area contributed by atoms with Gasteiger partial charge in [0.15, 0.2) is 6.61 Å². The molecule has 82 valence electrons. The molecule has 0 fully saturated rings. The first kappa shape index (κ1) is 10.3. The zero-order chi connectivity index (χ0) is 11.5. The van der Waals surface area contributed by atoms with Crippen molar-refractivity contribution in [3.05, 3.63) is 18.2 Å². The second-order valence-electron chi connectivity index (χ2n) is 3.53. The third-order valence-corrected chi connectivity index (χ3v) is 2.34. The summed E-state index contributed by atoms with van der Waals surface area (Å²) in [5.74, 6) is 0.501. The topological polar surface area (TPSA) is 65.4 Å². The van der Waals surface area contributed by atoms with E-state index in [0.717, 1.165) is 5.69 Å². The first-order valence-corrected chi connectivity index (χ1v) is 4.85. The van der Waals surface area contributed by atoms with Gasteiger partial charge in [0.1, 0.15) is 12.3 Å². The number of rotatable bonds is 2. The maximum Gasteiger partial charge on any atom is 0.262 e. The van der Waals surface area contributed by atoms with Crippen LogP contribution in [0.25, 0.3) is 0 Å². The van der Waals surface area contributed by atoms with Gasteiger partial charge in [-0.2, -0.15) is 5.26 Å². The molecule has 5 heteroatoms. The zero-order valence-electron chi connectivity index (χ0n) is 8.86. The first-order chi connectivity index (χ1) is 7.70. The minimum atomic E-state index is -0.160. The highest BCUT2D eigenvalue weighted by Crippen LogP contribution is 2.31. The largest absolute Gasteiger partial charge is 0.482 e. The average molecular weight is 217 g/mol. The Morgan fingerprint density at radius 3 is 3.19 bits per heavy atom. The van der Waals surface area contributed by atoms with Gasteiger partial charge in [0.2, 0.25) is 0 Å². The van der Waals surface area contributed by atoms with Crippen LogP contribution in [0.15, 0.2) is 18.2 Å². The van der Waals surface area contributed by atoms with Crippen molar-refractivity contribution in [3.8, 4) is 11.8 Å². The molecule has 1 N–H and O–H groups in total. The quantitative estimate of drug-likeness (QED) is 0.750. The molecule has 1 aliphatic heterocycles. The smallest absolute Gasteiger partial charge is 0.262 e. The molecule has 0 atom stereocenters. The number of hydrogen-bond acceptors (Lipinski definition) is 4. The Kier molecular flexibility index (Phi) is 2.64. The van der Waals surface area contributed by atoms with E-state index >= 15 is 0 Å². The van der Waals surface area contributed by atoms with Crippen molar-refractivity contribution in [3.63, 3.8) is 0 Å². The summed E-state index contributed by atoms with van der Waals surface area (Å²) in [6.07, 6.45) is 0. The van der Waals surface area contributed by atoms with Crippen molar-refractivity contribution in [2.75, 3.05) is 30.4 Å². The highest BCUT2D eigenvalue weighted by atomic mass is 16.5. The molecule has 1 aromatic rings. The van der Waals surface area contributed by atoms with E-state index in [1.165, 1.54) is 0 Å². The summed E-state index contributed by atoms with van der Waals surface area (Å²) < 4.78 is 5.23. The number of carbonyl (C=O) groups is 1. The van der Waals surface area contributed by atoms with Crippen LogP contribution in [-0.2, 0) is 4.79 Å². The van der Waals surface area contributed by atoms with E-state index in [1.54, 1.807) is 17.0 Å². The molecule has 0 unspecified atom stereocenters. The lowest BCUT2D eigenvalue weighted by Crippen LogP contribution is -2.26. The van der Waals surface area contributed by atoms with Gasteiger partial charge >= 0.3 is 0 Å². The van der Waals surface area contributed by atoms with Crippen molar-refractivity contribution in [2.24, 2.45) is 0 Å². The lowest BCUT2D eigenvalue weighted by molar-refractivity contribution is -0.118. The Hall–Kier alpha value is -2.22. The molecule has 0 aromatic heterocycles. The molecule has 1 amide bonds. The summed E-state index contributed by atoms with van der Waals surface area (Å²) in [4.78, 5) is 12.9. The maximum absolute atomic E-state index is 11.1. The maximum atomic E-state index is 11.1. The minimum absolute atomic E-state index is 0.0559. The average Bonchev–Trinajstić information content (AvgIpc) is 2.28. The number of nitriles is 1. The van der Waals surface area contributed by atoms with Gasteiger partial charge in [-0.15, -0.1) is 0 Å². The molecular formula is C11H11N3O2. The Morgan fingerprint density at radius 1 is 1.62 bits per heavy atom. The van der Waals surface area contributed by atoms with Crippen LogP contribution in [0.3, 0.4) is 0 Å². The van der Waals surface area contributed by atoms with E-state index in [0.29, 0.717) is 18.0 Å². The molecular weight excluding hydrogens is 206 g/mol. The molecule has 16 heavy (non-hydrogen) atoms. The fourth-order valence-corrected chi connectivity index (χ4v) is 1.51. The molecule has 1 heterocycles. The van der Waals surface area contributed by atoms with Crippen molar-refractivity contribution >= 4 is 17.3 Å². The first-order valence-electron chi connectivity index (χ1n) is 4.85. The van der Waals surface area contributed by atoms with Crippen LogP contribution in [0.2, 0.25) is 0 Å². The summed E-state index contributed by atoms with van der Waals surface area (Å²) in [6, 6.07) is 7.50. The van der Waals surface area contributed by atoms with Crippen LogP contribution in [0.1, 0.15) is 0 Å². The van der Waals surface area contributed by atoms with E-state index in [1.807, 2.05) is 13.1 Å². The van der Waals surface area contributed by atoms with Crippen LogP contribution in [0, 0.1) is 11.3 Å². The molecule has 0 bridgehead atoms. The Balaban J connectivity index is 2.28. The summed E-state index contributed by atoms with van der Waals surface area (Å²) in [6.45, 7) is 0.355. The second kappa shape index (κ2) is 4.11. The lowest BCUT2D eigenvalue weighted by atomic mass is 10.2. The van der Waals surface area contributed by atoms with Crippen LogP contribution in [0.5, 0.6) is 5.75 Å². The van der Waals surface area contributed by atoms with Crippen molar-refractivity contribution in [2.45, 2.75) is 0 Å². The zero-order valence-corrected chi connectivity index (χ0v) is 8.86. The molecule has 2 rings (SSSR count). The molecule has 0 aliphatic carbocycles. The molecule has 5 nitrogen and oxygen atoms in total. The molecule has 0 saturated heterocycles. The fraction of sp³-hybridized carbons (Fsp3) is 0.273. The number of nitrogens with zero attached hydrogens (tertiary/aromatic N) is 2. The van der Waals surface area contributed by atoms with E-state index in [4.69, 9.17) is 10.00 Å². The second-order valence-corrected chi connectivity index (χ2v) is 3.53. The number of carbonyl (C=O) groups excluding carboxylic acids is 1. The van der Waals surface area contributed by atoms with E-state index < -0.39 is 0 Å². The SMILES string of the molecule is CN(CC#N)c1ccc2c(c1)NC(=O)CO2. The van der Waals surface area contributed by atoms with Gasteiger partial charge < -0.3 is 15.0 Å². The third-order valence-electron chi connectivity index (χ3n) is 2.34. The highest BCUT2D eigenvalue weighted by Gasteiger charge is 2.16. The van der Waals surface area contributed by atoms with Crippen molar-refractivity contribution in [1.29, 1.82) is 5.26 Å². The van der Waals surface area contributed by atoms with Crippen LogP contribution in [0.4, 0.5) is 11.4 Å². The van der Waals surface area contributed by atoms with Crippen LogP contribution < -0.4 is 15.0 Å². The van der Waals surface area contributed by atoms with E-state index in [9.17, 15) is 4.79 Å². The highest BCUT2D eigenvalue weighted by molar-refractivity contribution is 5.96. The Bertz CT molecular complexity index is 465. The summed E-state index contributed by atoms with van der Waals surface area (Å²) in [5, 5.41) is 11.3. The summed E-state index contributed by atoms with van der Waals surface area (Å²) in [7, 11) is 1.82. The van der Waals surface area contributed by atoms with E-state index in [2.05, 4.69) is 11.4 Å². The lowest BCUT2D eigenvalue weighted by Gasteiger charge is -2.21. The normalized spacial score (nSPS) is 13.1. The summed E-state index contributed by atoms with van der Waals surface area (Å²) in [5.41, 5.74) is 1.52. The monoisotopic (exact) mass is 217 g/mol.